The molecule has 3 aromatic rings. The highest BCUT2D eigenvalue weighted by Crippen LogP contribution is 2.32. The zero-order valence-corrected chi connectivity index (χ0v) is 24.6. The molecule has 1 saturated heterocycles. The van der Waals surface area contributed by atoms with Crippen LogP contribution in [0.25, 0.3) is 0 Å². The average Bonchev–Trinajstić information content (AvgIpc) is 2.95. The largest absolute Gasteiger partial charge is 0.492 e. The first kappa shape index (κ1) is 30.1. The third kappa shape index (κ3) is 7.27. The second-order valence-electron chi connectivity index (χ2n) is 9.06. The summed E-state index contributed by atoms with van der Waals surface area (Å²) in [5.74, 6) is -0.134. The van der Waals surface area contributed by atoms with Crippen LogP contribution in [0.4, 0.5) is 5.69 Å². The molecule has 1 aliphatic heterocycles. The number of nitrogens with zero attached hydrogens (tertiary/aromatic N) is 2. The van der Waals surface area contributed by atoms with Crippen molar-refractivity contribution in [2.75, 3.05) is 37.1 Å². The normalized spacial score (nSPS) is 14.4. The van der Waals surface area contributed by atoms with Crippen molar-refractivity contribution in [3.8, 4) is 5.75 Å². The molecule has 13 heteroatoms. The summed E-state index contributed by atoms with van der Waals surface area (Å²) in [6.45, 7) is 0.683. The second-order valence-corrected chi connectivity index (χ2v) is 13.7. The predicted octanol–water partition coefficient (Wildman–Crippen LogP) is 4.56. The molecule has 1 N–H and O–H groups in total. The van der Waals surface area contributed by atoms with Crippen molar-refractivity contribution in [2.45, 2.75) is 29.1 Å². The Kier molecular flexibility index (Phi) is 9.96. The van der Waals surface area contributed by atoms with Crippen LogP contribution in [-0.2, 0) is 24.8 Å². The Morgan fingerprint density at radius 2 is 1.55 bits per heavy atom. The van der Waals surface area contributed by atoms with Crippen molar-refractivity contribution >= 4 is 54.8 Å². The summed E-state index contributed by atoms with van der Waals surface area (Å²) in [5, 5.41) is 3.05. The van der Waals surface area contributed by atoms with Crippen molar-refractivity contribution in [2.24, 2.45) is 0 Å². The smallest absolute Gasteiger partial charge is 0.264 e. The number of carbonyl (C=O) groups excluding carboxylic acids is 1. The minimum absolute atomic E-state index is 0.00268. The van der Waals surface area contributed by atoms with Crippen molar-refractivity contribution in [1.82, 2.24) is 9.62 Å². The molecule has 0 radical (unpaired) electrons. The summed E-state index contributed by atoms with van der Waals surface area (Å²) >= 11 is 12.3. The van der Waals surface area contributed by atoms with Crippen LogP contribution < -0.4 is 14.4 Å². The number of nitrogens with one attached hydrogen (secondary N) is 1. The number of hydrogen-bond donors (Lipinski definition) is 1. The van der Waals surface area contributed by atoms with Gasteiger partial charge in [-0.15, -0.1) is 0 Å². The first-order chi connectivity index (χ1) is 19.1. The number of hydrogen-bond acceptors (Lipinski definition) is 6. The molecule has 214 valence electrons. The summed E-state index contributed by atoms with van der Waals surface area (Å²) in [4.78, 5) is 13.0. The van der Waals surface area contributed by atoms with E-state index < -0.39 is 32.5 Å². The van der Waals surface area contributed by atoms with Crippen LogP contribution in [0.5, 0.6) is 5.75 Å². The first-order valence-electron chi connectivity index (χ1n) is 12.6. The van der Waals surface area contributed by atoms with E-state index >= 15 is 0 Å². The number of halogens is 2. The third-order valence-corrected chi connectivity index (χ3v) is 10.5. The minimum atomic E-state index is -4.12. The van der Waals surface area contributed by atoms with Gasteiger partial charge >= 0.3 is 0 Å². The first-order valence-corrected chi connectivity index (χ1v) is 16.3. The van der Waals surface area contributed by atoms with Gasteiger partial charge in [-0.25, -0.2) is 16.8 Å². The maximum Gasteiger partial charge on any atom is 0.264 e. The quantitative estimate of drug-likeness (QED) is 0.313. The van der Waals surface area contributed by atoms with Crippen LogP contribution in [0.15, 0.2) is 82.6 Å². The highest BCUT2D eigenvalue weighted by atomic mass is 35.5. The molecule has 0 aromatic heterocycles. The Hall–Kier alpha value is -2.83. The third-order valence-electron chi connectivity index (χ3n) is 6.27. The molecule has 0 spiro atoms. The van der Waals surface area contributed by atoms with E-state index in [1.54, 1.807) is 30.3 Å². The molecule has 0 bridgehead atoms. The zero-order chi connectivity index (χ0) is 28.8. The SMILES string of the molecule is O=C(CN(c1ccc(Cl)cc1Cl)S(=O)(=O)c1ccccc1)NCCOc1ccc(S(=O)(=O)N2CCCCC2)cc1. The van der Waals surface area contributed by atoms with Crippen LogP contribution in [0.3, 0.4) is 0 Å². The molecule has 1 amide bonds. The van der Waals surface area contributed by atoms with Gasteiger partial charge in [0.15, 0.2) is 0 Å². The lowest BCUT2D eigenvalue weighted by Crippen LogP contribution is -2.42. The van der Waals surface area contributed by atoms with E-state index in [0.29, 0.717) is 23.9 Å². The van der Waals surface area contributed by atoms with E-state index in [1.165, 1.54) is 46.8 Å². The molecule has 3 aromatic carbocycles. The van der Waals surface area contributed by atoms with Crippen molar-refractivity contribution in [1.29, 1.82) is 0 Å². The molecule has 1 heterocycles. The Morgan fingerprint density at radius 1 is 0.875 bits per heavy atom. The van der Waals surface area contributed by atoms with Crippen molar-refractivity contribution in [3.05, 3.63) is 82.8 Å². The lowest BCUT2D eigenvalue weighted by molar-refractivity contribution is -0.119. The van der Waals surface area contributed by atoms with E-state index in [0.717, 1.165) is 23.6 Å². The minimum Gasteiger partial charge on any atom is -0.492 e. The van der Waals surface area contributed by atoms with E-state index in [2.05, 4.69) is 5.32 Å². The van der Waals surface area contributed by atoms with Crippen LogP contribution in [0, 0.1) is 0 Å². The van der Waals surface area contributed by atoms with E-state index in [-0.39, 0.29) is 33.7 Å². The Balaban J connectivity index is 1.36. The van der Waals surface area contributed by atoms with Crippen LogP contribution in [0.1, 0.15) is 19.3 Å². The van der Waals surface area contributed by atoms with Crippen molar-refractivity contribution < 1.29 is 26.4 Å². The maximum absolute atomic E-state index is 13.4. The van der Waals surface area contributed by atoms with E-state index in [1.807, 2.05) is 0 Å². The fourth-order valence-electron chi connectivity index (χ4n) is 4.21. The summed E-state index contributed by atoms with van der Waals surface area (Å²) in [7, 11) is -7.66. The molecule has 0 unspecified atom stereocenters. The molecule has 40 heavy (non-hydrogen) atoms. The van der Waals surface area contributed by atoms with Gasteiger partial charge in [0.05, 0.1) is 27.0 Å². The molecular formula is C27H29Cl2N3O6S2. The molecule has 0 atom stereocenters. The number of amides is 1. The summed E-state index contributed by atoms with van der Waals surface area (Å²) in [5.41, 5.74) is 0.112. The van der Waals surface area contributed by atoms with Gasteiger partial charge in [-0.1, -0.05) is 47.8 Å². The highest BCUT2D eigenvalue weighted by molar-refractivity contribution is 7.93. The average molecular weight is 627 g/mol. The van der Waals surface area contributed by atoms with Gasteiger partial charge in [0.2, 0.25) is 15.9 Å². The lowest BCUT2D eigenvalue weighted by Gasteiger charge is -2.25. The number of carbonyl (C=O) groups is 1. The number of piperidine rings is 1. The highest BCUT2D eigenvalue weighted by Gasteiger charge is 2.29. The zero-order valence-electron chi connectivity index (χ0n) is 21.5. The number of ether oxygens (including phenoxy) is 1. The van der Waals surface area contributed by atoms with E-state index in [4.69, 9.17) is 27.9 Å². The van der Waals surface area contributed by atoms with Crippen LogP contribution >= 0.6 is 23.2 Å². The molecule has 1 fully saturated rings. The fourth-order valence-corrected chi connectivity index (χ4v) is 7.75. The number of sulfonamides is 2. The fraction of sp³-hybridized carbons (Fsp3) is 0.296. The Bertz CT molecular complexity index is 1530. The number of rotatable bonds is 11. The summed E-state index contributed by atoms with van der Waals surface area (Å²) in [6.07, 6.45) is 2.74. The maximum atomic E-state index is 13.4. The Labute approximate surface area is 244 Å². The lowest BCUT2D eigenvalue weighted by atomic mass is 10.2. The number of benzene rings is 3. The summed E-state index contributed by atoms with van der Waals surface area (Å²) < 4.78 is 60.5. The molecular weight excluding hydrogens is 597 g/mol. The second kappa shape index (κ2) is 13.2. The van der Waals surface area contributed by atoms with Crippen LogP contribution in [0.2, 0.25) is 10.0 Å². The molecule has 4 rings (SSSR count). The number of anilines is 1. The van der Waals surface area contributed by atoms with Gasteiger partial charge in [0.25, 0.3) is 10.0 Å². The van der Waals surface area contributed by atoms with Gasteiger partial charge in [-0.05, 0) is 67.4 Å². The molecule has 1 aliphatic rings. The van der Waals surface area contributed by atoms with Gasteiger partial charge < -0.3 is 10.1 Å². The summed E-state index contributed by atoms with van der Waals surface area (Å²) in [6, 6.07) is 18.2. The Morgan fingerprint density at radius 3 is 2.20 bits per heavy atom. The monoisotopic (exact) mass is 625 g/mol. The van der Waals surface area contributed by atoms with Crippen molar-refractivity contribution in [3.63, 3.8) is 0 Å². The van der Waals surface area contributed by atoms with Gasteiger partial charge in [0, 0.05) is 18.1 Å². The predicted molar refractivity (Wildman–Crippen MR) is 155 cm³/mol. The standard InChI is InChI=1S/C27H29Cl2N3O6S2/c28-21-9-14-26(25(29)19-21)32(40(36,37)23-7-3-1-4-8-23)20-27(33)30-15-18-38-22-10-12-24(13-11-22)39(34,35)31-16-5-2-6-17-31/h1,3-4,7-14,19H,2,5-6,15-18,20H2,(H,30,33). The molecule has 9 nitrogen and oxygen atoms in total. The topological polar surface area (TPSA) is 113 Å². The van der Waals surface area contributed by atoms with Gasteiger partial charge in [-0.2, -0.15) is 4.31 Å². The van der Waals surface area contributed by atoms with Crippen LogP contribution in [-0.4, -0.2) is 59.8 Å². The van der Waals surface area contributed by atoms with Gasteiger partial charge in [0.1, 0.15) is 18.9 Å². The van der Waals surface area contributed by atoms with E-state index in [9.17, 15) is 21.6 Å². The molecule has 0 aliphatic carbocycles. The van der Waals surface area contributed by atoms with Gasteiger partial charge in [-0.3, -0.25) is 9.10 Å². The molecule has 0 saturated carbocycles.